The summed E-state index contributed by atoms with van der Waals surface area (Å²) in [4.78, 5) is 11.1. The maximum Gasteiger partial charge on any atom is 0.235 e. The summed E-state index contributed by atoms with van der Waals surface area (Å²) in [6, 6.07) is 65.9. The molecule has 4 heteroatoms. The molecule has 0 fully saturated rings. The lowest BCUT2D eigenvalue weighted by Crippen LogP contribution is -2.04. The Morgan fingerprint density at radius 1 is 0.375 bits per heavy atom. The standard InChI is InChI=1S/C52H30N4/c1-2-15-33-29-34(26-25-31(33)13-1)50-47-35-16-4-3-14-32(35)27-28-42(47)53-52(54-50)56-45-24-12-9-21-40(45)48-46(56)30-41-38-19-8-11-23-44(38)55-43-22-10-7-18-37(43)36-17-5-6-20-39(36)49(48)51(41)55/h1-30H. The van der Waals surface area contributed by atoms with Gasteiger partial charge in [0.1, 0.15) is 0 Å². The fourth-order valence-electron chi connectivity index (χ4n) is 9.67. The van der Waals surface area contributed by atoms with Crippen LogP contribution in [-0.2, 0) is 0 Å². The van der Waals surface area contributed by atoms with Crippen LogP contribution in [0.1, 0.15) is 0 Å². The van der Waals surface area contributed by atoms with E-state index in [0.717, 1.165) is 38.6 Å². The highest BCUT2D eigenvalue weighted by molar-refractivity contribution is 6.28. The minimum Gasteiger partial charge on any atom is -0.308 e. The van der Waals surface area contributed by atoms with Gasteiger partial charge in [-0.2, -0.15) is 0 Å². The van der Waals surface area contributed by atoms with E-state index in [-0.39, 0.29) is 0 Å². The van der Waals surface area contributed by atoms with Gasteiger partial charge in [-0.25, -0.2) is 9.97 Å². The molecule has 0 atom stereocenters. The van der Waals surface area contributed by atoms with Crippen LogP contribution >= 0.6 is 0 Å². The van der Waals surface area contributed by atoms with E-state index in [2.05, 4.69) is 191 Å². The summed E-state index contributed by atoms with van der Waals surface area (Å²) in [6.07, 6.45) is 0. The van der Waals surface area contributed by atoms with Crippen molar-refractivity contribution in [1.82, 2.24) is 19.1 Å². The van der Waals surface area contributed by atoms with Gasteiger partial charge >= 0.3 is 0 Å². The van der Waals surface area contributed by atoms with Gasteiger partial charge in [0.25, 0.3) is 0 Å². The lowest BCUT2D eigenvalue weighted by Gasteiger charge is -2.15. The van der Waals surface area contributed by atoms with Crippen LogP contribution in [0.15, 0.2) is 182 Å². The maximum atomic E-state index is 5.63. The number of fused-ring (bicyclic) bond motifs is 16. The van der Waals surface area contributed by atoms with Crippen molar-refractivity contribution < 1.29 is 0 Å². The van der Waals surface area contributed by atoms with Gasteiger partial charge in [0.2, 0.25) is 5.95 Å². The molecule has 0 N–H and O–H groups in total. The van der Waals surface area contributed by atoms with E-state index in [1.807, 2.05) is 0 Å². The van der Waals surface area contributed by atoms with Crippen molar-refractivity contribution in [3.05, 3.63) is 182 Å². The Balaban J connectivity index is 1.23. The van der Waals surface area contributed by atoms with Crippen LogP contribution in [0.3, 0.4) is 0 Å². The van der Waals surface area contributed by atoms with Crippen LogP contribution in [-0.4, -0.2) is 19.1 Å². The Kier molecular flexibility index (Phi) is 5.86. The second-order valence-electron chi connectivity index (χ2n) is 14.9. The summed E-state index contributed by atoms with van der Waals surface area (Å²) in [5, 5.41) is 10.6. The van der Waals surface area contributed by atoms with Gasteiger partial charge in [0.05, 0.1) is 39.0 Å². The summed E-state index contributed by atoms with van der Waals surface area (Å²) >= 11 is 0. The predicted molar refractivity (Wildman–Crippen MR) is 233 cm³/mol. The van der Waals surface area contributed by atoms with Crippen LogP contribution in [0, 0.1) is 0 Å². The molecule has 0 bridgehead atoms. The van der Waals surface area contributed by atoms with E-state index in [9.17, 15) is 0 Å². The highest BCUT2D eigenvalue weighted by Gasteiger charge is 2.29. The Morgan fingerprint density at radius 2 is 1.02 bits per heavy atom. The van der Waals surface area contributed by atoms with E-state index < -0.39 is 0 Å². The normalized spacial score (nSPS) is 12.3. The Hall–Kier alpha value is -7.56. The first-order valence-electron chi connectivity index (χ1n) is 19.2. The molecule has 0 amide bonds. The zero-order valence-electron chi connectivity index (χ0n) is 30.1. The molecule has 258 valence electrons. The van der Waals surface area contributed by atoms with Crippen molar-refractivity contribution in [2.75, 3.05) is 0 Å². The number of aromatic nitrogens is 4. The highest BCUT2D eigenvalue weighted by Crippen LogP contribution is 2.51. The second-order valence-corrected chi connectivity index (χ2v) is 14.9. The fourth-order valence-corrected chi connectivity index (χ4v) is 9.67. The monoisotopic (exact) mass is 710 g/mol. The molecule has 4 heterocycles. The lowest BCUT2D eigenvalue weighted by atomic mass is 9.91. The molecule has 0 radical (unpaired) electrons. The molecule has 1 aliphatic heterocycles. The smallest absolute Gasteiger partial charge is 0.235 e. The van der Waals surface area contributed by atoms with E-state index in [4.69, 9.17) is 9.97 Å². The molecule has 0 saturated carbocycles. The summed E-state index contributed by atoms with van der Waals surface area (Å²) in [5.41, 5.74) is 13.6. The summed E-state index contributed by atoms with van der Waals surface area (Å²) in [6.45, 7) is 0. The molecule has 56 heavy (non-hydrogen) atoms. The molecular weight excluding hydrogens is 681 g/mol. The molecule has 13 rings (SSSR count). The largest absolute Gasteiger partial charge is 0.308 e. The third-order valence-corrected chi connectivity index (χ3v) is 12.0. The Labute approximate surface area is 321 Å². The number of benzene rings is 9. The quantitative estimate of drug-likeness (QED) is 0.167. The van der Waals surface area contributed by atoms with Crippen LogP contribution in [0.25, 0.3) is 121 Å². The topological polar surface area (TPSA) is 35.6 Å². The number of hydrogen-bond donors (Lipinski definition) is 0. The molecule has 4 nitrogen and oxygen atoms in total. The van der Waals surface area contributed by atoms with Crippen molar-refractivity contribution >= 4 is 76.1 Å². The molecule has 1 aliphatic rings. The zero-order chi connectivity index (χ0) is 36.5. The molecule has 0 spiro atoms. The van der Waals surface area contributed by atoms with E-state index >= 15 is 0 Å². The van der Waals surface area contributed by atoms with Crippen molar-refractivity contribution in [2.45, 2.75) is 0 Å². The third-order valence-electron chi connectivity index (χ3n) is 12.0. The highest BCUT2D eigenvalue weighted by atomic mass is 15.2. The zero-order valence-corrected chi connectivity index (χ0v) is 30.1. The van der Waals surface area contributed by atoms with Gasteiger partial charge in [0.15, 0.2) is 0 Å². The number of rotatable bonds is 2. The number of para-hydroxylation sites is 3. The molecular formula is C52H30N4. The minimum atomic E-state index is 0.655. The Bertz CT molecular complexity index is 3660. The van der Waals surface area contributed by atoms with Gasteiger partial charge in [-0.05, 0) is 69.1 Å². The van der Waals surface area contributed by atoms with Gasteiger partial charge in [-0.15, -0.1) is 0 Å². The maximum absolute atomic E-state index is 5.63. The molecule has 3 aromatic heterocycles. The lowest BCUT2D eigenvalue weighted by molar-refractivity contribution is 1.02. The summed E-state index contributed by atoms with van der Waals surface area (Å²) < 4.78 is 4.81. The van der Waals surface area contributed by atoms with Crippen LogP contribution in [0.5, 0.6) is 0 Å². The first kappa shape index (κ1) is 29.8. The molecule has 0 aliphatic carbocycles. The van der Waals surface area contributed by atoms with Crippen LogP contribution in [0.2, 0.25) is 0 Å². The predicted octanol–water partition coefficient (Wildman–Crippen LogP) is 13.4. The van der Waals surface area contributed by atoms with E-state index in [1.54, 1.807) is 0 Å². The molecule has 12 aromatic rings. The van der Waals surface area contributed by atoms with E-state index in [0.29, 0.717) is 5.95 Å². The summed E-state index contributed by atoms with van der Waals surface area (Å²) in [7, 11) is 0. The third kappa shape index (κ3) is 3.92. The van der Waals surface area contributed by atoms with Gasteiger partial charge in [-0.3, -0.25) is 4.57 Å². The van der Waals surface area contributed by atoms with Gasteiger partial charge in [-0.1, -0.05) is 146 Å². The average Bonchev–Trinajstić information content (AvgIpc) is 3.73. The van der Waals surface area contributed by atoms with Crippen LogP contribution < -0.4 is 0 Å². The van der Waals surface area contributed by atoms with Gasteiger partial charge < -0.3 is 4.57 Å². The number of nitrogens with zero attached hydrogens (tertiary/aromatic N) is 4. The minimum absolute atomic E-state index is 0.655. The Morgan fingerprint density at radius 3 is 1.88 bits per heavy atom. The van der Waals surface area contributed by atoms with Crippen molar-refractivity contribution in [2.24, 2.45) is 0 Å². The van der Waals surface area contributed by atoms with E-state index in [1.165, 1.54) is 76.7 Å². The second kappa shape index (κ2) is 11.0. The molecule has 9 aromatic carbocycles. The van der Waals surface area contributed by atoms with Crippen LogP contribution in [0.4, 0.5) is 0 Å². The fraction of sp³-hybridized carbons (Fsp3) is 0. The van der Waals surface area contributed by atoms with Crippen molar-refractivity contribution in [1.29, 1.82) is 0 Å². The summed E-state index contributed by atoms with van der Waals surface area (Å²) in [5.74, 6) is 0.655. The van der Waals surface area contributed by atoms with Crippen molar-refractivity contribution in [3.63, 3.8) is 0 Å². The molecule has 0 saturated heterocycles. The first-order valence-corrected chi connectivity index (χ1v) is 19.2. The number of hydrogen-bond acceptors (Lipinski definition) is 2. The molecule has 0 unspecified atom stereocenters. The first-order chi connectivity index (χ1) is 27.8. The SMILES string of the molecule is c1ccc2c(c1)-c1ccccc1-n1c3ccccc3c3cc4c(c-2c31)c1ccccc1n4-c1nc(-c2ccc3ccccc3c2)c2c(ccc3ccccc32)n1. The van der Waals surface area contributed by atoms with Gasteiger partial charge in [0, 0.05) is 43.6 Å². The average molecular weight is 711 g/mol. The van der Waals surface area contributed by atoms with Crippen molar-refractivity contribution in [3.8, 4) is 45.1 Å².